The van der Waals surface area contributed by atoms with Crippen molar-refractivity contribution in [3.63, 3.8) is 0 Å². The highest BCUT2D eigenvalue weighted by Gasteiger charge is 2.46. The number of carbonyl (C=O) groups excluding carboxylic acids is 1. The van der Waals surface area contributed by atoms with Crippen molar-refractivity contribution in [3.8, 4) is 0 Å². The fourth-order valence-electron chi connectivity index (χ4n) is 3.50. The number of nitrogens with two attached hydrogens (primary N) is 1. The fourth-order valence-corrected chi connectivity index (χ4v) is 4.23. The number of rotatable bonds is 5. The summed E-state index contributed by atoms with van der Waals surface area (Å²) in [6, 6.07) is 1.85. The van der Waals surface area contributed by atoms with Crippen molar-refractivity contribution in [2.24, 2.45) is 5.92 Å². The molecule has 0 aliphatic carbocycles. The van der Waals surface area contributed by atoms with E-state index in [9.17, 15) is 9.59 Å². The van der Waals surface area contributed by atoms with Gasteiger partial charge in [0.15, 0.2) is 8.32 Å². The maximum atomic E-state index is 11.7. The number of hydrogen-bond donors (Lipinski definition) is 2. The molecular formula is C19H32N2O4Si. The Bertz CT molecular complexity index is 645. The van der Waals surface area contributed by atoms with E-state index in [2.05, 4.69) is 18.8 Å². The van der Waals surface area contributed by atoms with Crippen LogP contribution in [0.25, 0.3) is 0 Å². The standard InChI is InChI=1S/C19H32N2O4Si/c1-12-15(10-19(3,4)26(5,6)23)18(25-13(2)22)9-17(24-12)14-7-8-21-11-16(14)20/h7-8,11-12,15,17-18,23H,9-10,20H2,1-6H3/t12-,15-,17?,18-/m1/s1. The first-order valence-corrected chi connectivity index (χ1v) is 12.1. The highest BCUT2D eigenvalue weighted by Crippen LogP contribution is 2.47. The van der Waals surface area contributed by atoms with Gasteiger partial charge in [0.2, 0.25) is 0 Å². The Morgan fingerprint density at radius 1 is 1.50 bits per heavy atom. The largest absolute Gasteiger partial charge is 0.462 e. The van der Waals surface area contributed by atoms with Gasteiger partial charge in [0.25, 0.3) is 0 Å². The van der Waals surface area contributed by atoms with E-state index in [0.29, 0.717) is 12.1 Å². The molecule has 6 nitrogen and oxygen atoms in total. The van der Waals surface area contributed by atoms with Crippen LogP contribution in [0.1, 0.15) is 52.2 Å². The van der Waals surface area contributed by atoms with E-state index in [1.807, 2.05) is 26.1 Å². The monoisotopic (exact) mass is 380 g/mol. The Morgan fingerprint density at radius 3 is 2.69 bits per heavy atom. The van der Waals surface area contributed by atoms with E-state index in [0.717, 1.165) is 12.0 Å². The summed E-state index contributed by atoms with van der Waals surface area (Å²) in [7, 11) is -2.38. The van der Waals surface area contributed by atoms with Crippen LogP contribution in [0.4, 0.5) is 5.69 Å². The number of hydrogen-bond acceptors (Lipinski definition) is 6. The minimum Gasteiger partial charge on any atom is -0.462 e. The second-order valence-electron chi connectivity index (χ2n) is 8.53. The van der Waals surface area contributed by atoms with E-state index in [-0.39, 0.29) is 35.2 Å². The summed E-state index contributed by atoms with van der Waals surface area (Å²) in [5, 5.41) is -0.226. The average Bonchev–Trinajstić information content (AvgIpc) is 2.49. The van der Waals surface area contributed by atoms with E-state index in [1.165, 1.54) is 6.92 Å². The van der Waals surface area contributed by atoms with Gasteiger partial charge in [-0.05, 0) is 37.5 Å². The topological polar surface area (TPSA) is 94.7 Å². The van der Waals surface area contributed by atoms with Crippen LogP contribution < -0.4 is 5.73 Å². The zero-order chi connectivity index (χ0) is 19.7. The van der Waals surface area contributed by atoms with Gasteiger partial charge in [-0.1, -0.05) is 13.8 Å². The van der Waals surface area contributed by atoms with Crippen LogP contribution in [0, 0.1) is 5.92 Å². The smallest absolute Gasteiger partial charge is 0.302 e. The van der Waals surface area contributed by atoms with Gasteiger partial charge < -0.3 is 20.0 Å². The van der Waals surface area contributed by atoms with Gasteiger partial charge >= 0.3 is 5.97 Å². The average molecular weight is 381 g/mol. The molecule has 26 heavy (non-hydrogen) atoms. The summed E-state index contributed by atoms with van der Waals surface area (Å²) < 4.78 is 12.0. The molecule has 146 valence electrons. The van der Waals surface area contributed by atoms with E-state index < -0.39 is 8.32 Å². The molecule has 2 heterocycles. The van der Waals surface area contributed by atoms with Gasteiger partial charge in [-0.2, -0.15) is 0 Å². The molecule has 2 rings (SSSR count). The maximum Gasteiger partial charge on any atom is 0.302 e. The van der Waals surface area contributed by atoms with Gasteiger partial charge in [0, 0.05) is 31.0 Å². The van der Waals surface area contributed by atoms with Gasteiger partial charge in [-0.25, -0.2) is 0 Å². The minimum atomic E-state index is -2.38. The number of anilines is 1. The van der Waals surface area contributed by atoms with Crippen molar-refractivity contribution in [1.82, 2.24) is 4.98 Å². The lowest BCUT2D eigenvalue weighted by Crippen LogP contribution is -2.47. The highest BCUT2D eigenvalue weighted by molar-refractivity contribution is 6.72. The molecule has 7 heteroatoms. The molecule has 3 N–H and O–H groups in total. The van der Waals surface area contributed by atoms with Crippen molar-refractivity contribution in [2.75, 3.05) is 5.73 Å². The molecule has 0 bridgehead atoms. The second-order valence-corrected chi connectivity index (χ2v) is 13.0. The number of ether oxygens (including phenoxy) is 2. The van der Waals surface area contributed by atoms with Crippen LogP contribution >= 0.6 is 0 Å². The SMILES string of the molecule is CC(=O)O[C@@H]1CC(c2ccncc2N)O[C@H](C)[C@H]1CC(C)(C)[Si](C)(C)O. The Kier molecular flexibility index (Phi) is 6.15. The predicted molar refractivity (Wildman–Crippen MR) is 104 cm³/mol. The second kappa shape index (κ2) is 7.66. The van der Waals surface area contributed by atoms with E-state index in [4.69, 9.17) is 15.2 Å². The number of esters is 1. The summed E-state index contributed by atoms with van der Waals surface area (Å²) in [5.41, 5.74) is 7.51. The Balaban J connectivity index is 2.27. The van der Waals surface area contributed by atoms with Crippen molar-refractivity contribution < 1.29 is 19.1 Å². The van der Waals surface area contributed by atoms with Crippen LogP contribution in [0.2, 0.25) is 18.1 Å². The molecular weight excluding hydrogens is 348 g/mol. The molecule has 1 unspecified atom stereocenters. The summed E-state index contributed by atoms with van der Waals surface area (Å²) in [4.78, 5) is 26.4. The lowest BCUT2D eigenvalue weighted by atomic mass is 9.81. The number of nitrogen functional groups attached to an aromatic ring is 1. The summed E-state index contributed by atoms with van der Waals surface area (Å²) in [5.74, 6) is -0.277. The van der Waals surface area contributed by atoms with Crippen molar-refractivity contribution in [2.45, 2.75) is 77.0 Å². The molecule has 1 aliphatic rings. The fraction of sp³-hybridized carbons (Fsp3) is 0.684. The normalized spacial score (nSPS) is 27.2. The zero-order valence-corrected chi connectivity index (χ0v) is 17.7. The zero-order valence-electron chi connectivity index (χ0n) is 16.7. The van der Waals surface area contributed by atoms with Gasteiger partial charge in [-0.3, -0.25) is 9.78 Å². The summed E-state index contributed by atoms with van der Waals surface area (Å²) in [6.07, 6.45) is 3.95. The third-order valence-corrected chi connectivity index (χ3v) is 9.38. The summed E-state index contributed by atoms with van der Waals surface area (Å²) >= 11 is 0. The number of carbonyl (C=O) groups is 1. The van der Waals surface area contributed by atoms with Crippen LogP contribution in [-0.2, 0) is 14.3 Å². The summed E-state index contributed by atoms with van der Waals surface area (Å²) in [6.45, 7) is 11.5. The molecule has 1 aromatic rings. The first kappa shape index (κ1) is 20.9. The number of aromatic nitrogens is 1. The van der Waals surface area contributed by atoms with Crippen molar-refractivity contribution in [3.05, 3.63) is 24.0 Å². The van der Waals surface area contributed by atoms with Gasteiger partial charge in [-0.15, -0.1) is 0 Å². The molecule has 4 atom stereocenters. The maximum absolute atomic E-state index is 11.7. The molecule has 0 saturated carbocycles. The predicted octanol–water partition coefficient (Wildman–Crippen LogP) is 3.43. The first-order valence-electron chi connectivity index (χ1n) is 9.17. The van der Waals surface area contributed by atoms with Crippen molar-refractivity contribution >= 4 is 20.0 Å². The minimum absolute atomic E-state index is 0.0205. The molecule has 1 aromatic heterocycles. The Hall–Kier alpha value is -1.44. The van der Waals surface area contributed by atoms with Crippen LogP contribution in [0.3, 0.4) is 0 Å². The van der Waals surface area contributed by atoms with Crippen LogP contribution in [-0.4, -0.2) is 36.3 Å². The lowest BCUT2D eigenvalue weighted by molar-refractivity contribution is -0.174. The van der Waals surface area contributed by atoms with E-state index in [1.54, 1.807) is 12.4 Å². The van der Waals surface area contributed by atoms with Crippen LogP contribution in [0.5, 0.6) is 0 Å². The lowest BCUT2D eigenvalue weighted by Gasteiger charge is -2.45. The molecule has 0 spiro atoms. The molecule has 1 aliphatic heterocycles. The number of nitrogens with zero attached hydrogens (tertiary/aromatic N) is 1. The molecule has 0 radical (unpaired) electrons. The van der Waals surface area contributed by atoms with Crippen molar-refractivity contribution in [1.29, 1.82) is 0 Å². The molecule has 0 aromatic carbocycles. The van der Waals surface area contributed by atoms with Crippen LogP contribution in [0.15, 0.2) is 18.5 Å². The molecule has 0 amide bonds. The third kappa shape index (κ3) is 4.63. The van der Waals surface area contributed by atoms with E-state index >= 15 is 0 Å². The Labute approximate surface area is 157 Å². The first-order chi connectivity index (χ1) is 11.9. The number of pyridine rings is 1. The Morgan fingerprint density at radius 2 is 2.15 bits per heavy atom. The van der Waals surface area contributed by atoms with Gasteiger partial charge in [0.1, 0.15) is 6.10 Å². The molecule has 1 fully saturated rings. The van der Waals surface area contributed by atoms with Gasteiger partial charge in [0.05, 0.1) is 24.1 Å². The quantitative estimate of drug-likeness (QED) is 0.600. The molecule has 1 saturated heterocycles. The third-order valence-electron chi connectivity index (χ3n) is 5.86. The highest BCUT2D eigenvalue weighted by atomic mass is 28.4.